The maximum Gasteiger partial charge on any atom is 0.220 e. The summed E-state index contributed by atoms with van der Waals surface area (Å²) in [6.45, 7) is 5.92. The zero-order valence-electron chi connectivity index (χ0n) is 17.1. The van der Waals surface area contributed by atoms with E-state index in [2.05, 4.69) is 27.6 Å². The second kappa shape index (κ2) is 10.3. The first kappa shape index (κ1) is 22.7. The number of carbonyl (C=O) groups is 1. The summed E-state index contributed by atoms with van der Waals surface area (Å²) in [5.41, 5.74) is 1.90. The second-order valence-electron chi connectivity index (χ2n) is 7.43. The van der Waals surface area contributed by atoms with Crippen LogP contribution in [0.2, 0.25) is 10.0 Å². The van der Waals surface area contributed by atoms with Crippen LogP contribution in [0.3, 0.4) is 0 Å². The Morgan fingerprint density at radius 2 is 1.83 bits per heavy atom. The van der Waals surface area contributed by atoms with Gasteiger partial charge in [0.05, 0.1) is 16.8 Å². The Labute approximate surface area is 191 Å². The van der Waals surface area contributed by atoms with Gasteiger partial charge in [-0.1, -0.05) is 79.1 Å². The first-order valence-electron chi connectivity index (χ1n) is 9.72. The maximum absolute atomic E-state index is 12.3. The van der Waals surface area contributed by atoms with Gasteiger partial charge in [0.25, 0.3) is 0 Å². The molecule has 1 aromatic heterocycles. The van der Waals surface area contributed by atoms with Crippen LogP contribution in [-0.4, -0.2) is 20.7 Å². The van der Waals surface area contributed by atoms with Gasteiger partial charge in [-0.25, -0.2) is 0 Å². The van der Waals surface area contributed by atoms with Crippen molar-refractivity contribution in [3.8, 4) is 5.69 Å². The minimum Gasteiger partial charge on any atom is -0.346 e. The van der Waals surface area contributed by atoms with E-state index in [1.54, 1.807) is 23.9 Å². The van der Waals surface area contributed by atoms with E-state index in [0.29, 0.717) is 27.4 Å². The molecule has 0 aliphatic rings. The van der Waals surface area contributed by atoms with Crippen LogP contribution in [0.4, 0.5) is 0 Å². The van der Waals surface area contributed by atoms with Gasteiger partial charge in [0.15, 0.2) is 11.0 Å². The minimum absolute atomic E-state index is 0.0206. The number of amides is 1. The third kappa shape index (κ3) is 5.78. The van der Waals surface area contributed by atoms with Crippen molar-refractivity contribution < 1.29 is 4.79 Å². The molecule has 0 bridgehead atoms. The molecule has 1 unspecified atom stereocenters. The van der Waals surface area contributed by atoms with Crippen molar-refractivity contribution in [3.63, 3.8) is 0 Å². The standard InChI is InChI=1S/C22H24Cl2N4OS/c1-14(2)11-20(29)25-15(3)21-26-27-22(30-13-16-7-5-4-6-8-16)28(21)19-10-9-17(23)12-18(19)24/h4-10,12,14-15H,11,13H2,1-3H3,(H,25,29). The molecule has 0 saturated carbocycles. The summed E-state index contributed by atoms with van der Waals surface area (Å²) in [5.74, 6) is 1.61. The molecule has 5 nitrogen and oxygen atoms in total. The molecule has 0 aliphatic heterocycles. The predicted octanol–water partition coefficient (Wildman–Crippen LogP) is 6.09. The molecule has 1 atom stereocenters. The highest BCUT2D eigenvalue weighted by Gasteiger charge is 2.22. The first-order valence-corrected chi connectivity index (χ1v) is 11.5. The fourth-order valence-corrected chi connectivity index (χ4v) is 4.40. The molecular formula is C22H24Cl2N4OS. The van der Waals surface area contributed by atoms with Crippen LogP contribution in [0.1, 0.15) is 44.6 Å². The van der Waals surface area contributed by atoms with Gasteiger partial charge in [0, 0.05) is 17.2 Å². The molecular weight excluding hydrogens is 439 g/mol. The Morgan fingerprint density at radius 1 is 1.10 bits per heavy atom. The van der Waals surface area contributed by atoms with Crippen LogP contribution in [0.5, 0.6) is 0 Å². The van der Waals surface area contributed by atoms with Gasteiger partial charge in [-0.2, -0.15) is 0 Å². The van der Waals surface area contributed by atoms with Crippen LogP contribution in [0, 0.1) is 5.92 Å². The quantitative estimate of drug-likeness (QED) is 0.411. The van der Waals surface area contributed by atoms with E-state index in [9.17, 15) is 4.79 Å². The van der Waals surface area contributed by atoms with Gasteiger partial charge in [0.2, 0.25) is 5.91 Å². The van der Waals surface area contributed by atoms with E-state index in [1.165, 1.54) is 5.56 Å². The molecule has 0 saturated heterocycles. The lowest BCUT2D eigenvalue weighted by atomic mass is 10.1. The van der Waals surface area contributed by atoms with Crippen molar-refractivity contribution in [1.82, 2.24) is 20.1 Å². The average Bonchev–Trinajstić information content (AvgIpc) is 3.10. The second-order valence-corrected chi connectivity index (χ2v) is 9.22. The van der Waals surface area contributed by atoms with Crippen molar-refractivity contribution >= 4 is 40.9 Å². The molecule has 1 heterocycles. The van der Waals surface area contributed by atoms with E-state index in [4.69, 9.17) is 23.2 Å². The normalized spacial score (nSPS) is 12.2. The topological polar surface area (TPSA) is 59.8 Å². The molecule has 0 spiro atoms. The minimum atomic E-state index is -0.332. The average molecular weight is 463 g/mol. The number of aromatic nitrogens is 3. The van der Waals surface area contributed by atoms with Gasteiger partial charge in [0.1, 0.15) is 0 Å². The number of carbonyl (C=O) groups excluding carboxylic acids is 1. The fourth-order valence-electron chi connectivity index (χ4n) is 3.00. The van der Waals surface area contributed by atoms with E-state index in [0.717, 1.165) is 11.4 Å². The molecule has 158 valence electrons. The number of rotatable bonds is 8. The van der Waals surface area contributed by atoms with E-state index in [-0.39, 0.29) is 17.9 Å². The van der Waals surface area contributed by atoms with Crippen LogP contribution < -0.4 is 5.32 Å². The van der Waals surface area contributed by atoms with Gasteiger partial charge in [-0.05, 0) is 36.6 Å². The highest BCUT2D eigenvalue weighted by atomic mass is 35.5. The molecule has 0 fully saturated rings. The summed E-state index contributed by atoms with van der Waals surface area (Å²) in [6.07, 6.45) is 0.454. The Kier molecular flexibility index (Phi) is 7.81. The molecule has 3 rings (SSSR count). The first-order chi connectivity index (χ1) is 14.3. The van der Waals surface area contributed by atoms with E-state index < -0.39 is 0 Å². The largest absolute Gasteiger partial charge is 0.346 e. The smallest absolute Gasteiger partial charge is 0.220 e. The Bertz CT molecular complexity index is 1010. The summed E-state index contributed by atoms with van der Waals surface area (Å²) in [7, 11) is 0. The van der Waals surface area contributed by atoms with Crippen LogP contribution in [-0.2, 0) is 10.5 Å². The monoisotopic (exact) mass is 462 g/mol. The summed E-state index contributed by atoms with van der Waals surface area (Å²) in [6, 6.07) is 15.1. The lowest BCUT2D eigenvalue weighted by molar-refractivity contribution is -0.122. The highest BCUT2D eigenvalue weighted by Crippen LogP contribution is 2.32. The van der Waals surface area contributed by atoms with Crippen LogP contribution in [0.25, 0.3) is 5.69 Å². The van der Waals surface area contributed by atoms with Crippen molar-refractivity contribution in [2.45, 2.75) is 44.1 Å². The van der Waals surface area contributed by atoms with Crippen LogP contribution in [0.15, 0.2) is 53.7 Å². The van der Waals surface area contributed by atoms with E-state index in [1.807, 2.05) is 49.6 Å². The number of halogens is 2. The van der Waals surface area contributed by atoms with Crippen molar-refractivity contribution in [2.24, 2.45) is 5.92 Å². The number of nitrogens with zero attached hydrogens (tertiary/aromatic N) is 3. The Hall–Kier alpha value is -2.02. The number of thioether (sulfide) groups is 1. The molecule has 1 N–H and O–H groups in total. The van der Waals surface area contributed by atoms with Gasteiger partial charge in [-0.3, -0.25) is 9.36 Å². The van der Waals surface area contributed by atoms with Gasteiger partial charge < -0.3 is 5.32 Å². The lowest BCUT2D eigenvalue weighted by Crippen LogP contribution is -2.29. The zero-order valence-corrected chi connectivity index (χ0v) is 19.4. The number of hydrogen-bond acceptors (Lipinski definition) is 4. The van der Waals surface area contributed by atoms with Gasteiger partial charge in [-0.15, -0.1) is 10.2 Å². The lowest BCUT2D eigenvalue weighted by Gasteiger charge is -2.18. The molecule has 30 heavy (non-hydrogen) atoms. The summed E-state index contributed by atoms with van der Waals surface area (Å²) in [5, 5.41) is 13.5. The Morgan fingerprint density at radius 3 is 2.50 bits per heavy atom. The molecule has 1 amide bonds. The maximum atomic E-state index is 12.3. The Balaban J connectivity index is 1.94. The zero-order chi connectivity index (χ0) is 21.7. The van der Waals surface area contributed by atoms with Crippen LogP contribution >= 0.6 is 35.0 Å². The van der Waals surface area contributed by atoms with Gasteiger partial charge >= 0.3 is 0 Å². The number of nitrogens with one attached hydrogen (secondary N) is 1. The van der Waals surface area contributed by atoms with Crippen molar-refractivity contribution in [2.75, 3.05) is 0 Å². The third-order valence-corrected chi connectivity index (χ3v) is 5.92. The summed E-state index contributed by atoms with van der Waals surface area (Å²) >= 11 is 14.2. The molecule has 0 aliphatic carbocycles. The third-order valence-electron chi connectivity index (χ3n) is 4.38. The van der Waals surface area contributed by atoms with Crippen molar-refractivity contribution in [3.05, 3.63) is 70.0 Å². The van der Waals surface area contributed by atoms with E-state index >= 15 is 0 Å². The summed E-state index contributed by atoms with van der Waals surface area (Å²) in [4.78, 5) is 12.3. The number of benzene rings is 2. The molecule has 0 radical (unpaired) electrons. The predicted molar refractivity (Wildman–Crippen MR) is 123 cm³/mol. The fraction of sp³-hybridized carbons (Fsp3) is 0.318. The van der Waals surface area contributed by atoms with Crippen molar-refractivity contribution in [1.29, 1.82) is 0 Å². The number of hydrogen-bond donors (Lipinski definition) is 1. The molecule has 3 aromatic rings. The summed E-state index contributed by atoms with van der Waals surface area (Å²) < 4.78 is 1.90. The highest BCUT2D eigenvalue weighted by molar-refractivity contribution is 7.98. The molecule has 8 heteroatoms. The SMILES string of the molecule is CC(C)CC(=O)NC(C)c1nnc(SCc2ccccc2)n1-c1ccc(Cl)cc1Cl. The molecule has 2 aromatic carbocycles.